The van der Waals surface area contributed by atoms with Crippen LogP contribution in [-0.2, 0) is 0 Å². The van der Waals surface area contributed by atoms with Crippen LogP contribution in [0.3, 0.4) is 0 Å². The second-order valence-corrected chi connectivity index (χ2v) is 5.35. The molecule has 1 amide bonds. The van der Waals surface area contributed by atoms with Crippen LogP contribution in [0, 0.1) is 17.1 Å². The van der Waals surface area contributed by atoms with E-state index in [0.717, 1.165) is 11.0 Å². The molecule has 0 unspecified atom stereocenters. The Balaban J connectivity index is 1.78. The minimum atomic E-state index is -0.482. The molecule has 120 valence electrons. The van der Waals surface area contributed by atoms with Gasteiger partial charge in [-0.25, -0.2) is 9.37 Å². The van der Waals surface area contributed by atoms with Crippen LogP contribution in [0.4, 0.5) is 10.2 Å². The van der Waals surface area contributed by atoms with Gasteiger partial charge in [0.25, 0.3) is 5.91 Å². The highest BCUT2D eigenvalue weighted by Gasteiger charge is 2.14. The second-order valence-electron chi connectivity index (χ2n) is 5.35. The predicted octanol–water partition coefficient (Wildman–Crippen LogP) is 3.15. The normalized spacial score (nSPS) is 10.7. The van der Waals surface area contributed by atoms with E-state index < -0.39 is 11.7 Å². The first-order valence-electron chi connectivity index (χ1n) is 7.40. The third-order valence-electron chi connectivity index (χ3n) is 3.76. The number of para-hydroxylation sites is 2. The number of amides is 1. The fourth-order valence-electron chi connectivity index (χ4n) is 2.55. The summed E-state index contributed by atoms with van der Waals surface area (Å²) in [4.78, 5) is 21.0. The van der Waals surface area contributed by atoms with E-state index in [-0.39, 0.29) is 16.9 Å². The largest absolute Gasteiger partial charge is 0.305 e. The minimum absolute atomic E-state index is 0.111. The van der Waals surface area contributed by atoms with Gasteiger partial charge in [0.05, 0.1) is 11.0 Å². The van der Waals surface area contributed by atoms with E-state index in [0.29, 0.717) is 5.78 Å². The number of carbonyl (C=O) groups is 1. The molecule has 25 heavy (non-hydrogen) atoms. The lowest BCUT2D eigenvalue weighted by molar-refractivity contribution is 0.102. The molecule has 0 saturated carbocycles. The number of nitriles is 1. The zero-order valence-corrected chi connectivity index (χ0v) is 12.8. The smallest absolute Gasteiger partial charge is 0.256 e. The van der Waals surface area contributed by atoms with Gasteiger partial charge in [-0.05, 0) is 36.4 Å². The van der Waals surface area contributed by atoms with Crippen LogP contribution in [0.1, 0.15) is 15.9 Å². The van der Waals surface area contributed by atoms with Crippen molar-refractivity contribution in [3.05, 3.63) is 71.7 Å². The number of nitrogens with zero attached hydrogens (tertiary/aromatic N) is 4. The Morgan fingerprint density at radius 1 is 1.12 bits per heavy atom. The zero-order chi connectivity index (χ0) is 17.4. The Morgan fingerprint density at radius 2 is 1.88 bits per heavy atom. The van der Waals surface area contributed by atoms with E-state index in [1.807, 2.05) is 30.3 Å². The van der Waals surface area contributed by atoms with E-state index in [4.69, 9.17) is 0 Å². The standard InChI is InChI=1S/C18H10FN5O/c19-13-7-5-11(6-8-13)17(25)22-16-12(9-20)10-24-15-4-2-1-3-14(15)21-18(24)23-16/h1-8,10H,(H,21,22,23,25). The van der Waals surface area contributed by atoms with Gasteiger partial charge in [-0.15, -0.1) is 0 Å². The average Bonchev–Trinajstić information content (AvgIpc) is 2.99. The molecule has 0 aliphatic rings. The predicted molar refractivity (Wildman–Crippen MR) is 89.6 cm³/mol. The molecule has 2 aromatic carbocycles. The molecule has 0 fully saturated rings. The maximum atomic E-state index is 13.0. The summed E-state index contributed by atoms with van der Waals surface area (Å²) in [6.45, 7) is 0. The maximum Gasteiger partial charge on any atom is 0.256 e. The fourth-order valence-corrected chi connectivity index (χ4v) is 2.55. The highest BCUT2D eigenvalue weighted by Crippen LogP contribution is 2.20. The van der Waals surface area contributed by atoms with Crippen LogP contribution in [0.25, 0.3) is 16.8 Å². The molecular formula is C18H10FN5O. The van der Waals surface area contributed by atoms with Gasteiger partial charge in [0.15, 0.2) is 5.82 Å². The SMILES string of the molecule is N#Cc1cn2c(nc1NC(=O)c1ccc(F)cc1)nc1ccccc12. The number of halogens is 1. The van der Waals surface area contributed by atoms with Crippen molar-refractivity contribution in [1.29, 1.82) is 5.26 Å². The lowest BCUT2D eigenvalue weighted by Crippen LogP contribution is -2.14. The Kier molecular flexibility index (Phi) is 3.36. The molecule has 4 aromatic rings. The van der Waals surface area contributed by atoms with Crippen molar-refractivity contribution >= 4 is 28.5 Å². The number of fused-ring (bicyclic) bond motifs is 3. The maximum absolute atomic E-state index is 13.0. The zero-order valence-electron chi connectivity index (χ0n) is 12.8. The van der Waals surface area contributed by atoms with Gasteiger partial charge in [0, 0.05) is 11.8 Å². The summed E-state index contributed by atoms with van der Waals surface area (Å²) in [6, 6.07) is 14.6. The highest BCUT2D eigenvalue weighted by atomic mass is 19.1. The van der Waals surface area contributed by atoms with Gasteiger partial charge in [0.1, 0.15) is 17.4 Å². The quantitative estimate of drug-likeness (QED) is 0.611. The summed E-state index contributed by atoms with van der Waals surface area (Å²) in [5.74, 6) is -0.434. The number of carbonyl (C=O) groups excluding carboxylic acids is 1. The molecule has 7 heteroatoms. The molecule has 4 rings (SSSR count). The summed E-state index contributed by atoms with van der Waals surface area (Å²) in [5.41, 5.74) is 2.02. The molecule has 6 nitrogen and oxygen atoms in total. The molecule has 2 aromatic heterocycles. The van der Waals surface area contributed by atoms with Gasteiger partial charge < -0.3 is 5.32 Å². The van der Waals surface area contributed by atoms with Gasteiger partial charge in [-0.1, -0.05) is 12.1 Å². The Bertz CT molecular complexity index is 1160. The number of imidazole rings is 1. The Morgan fingerprint density at radius 3 is 2.64 bits per heavy atom. The van der Waals surface area contributed by atoms with Crippen molar-refractivity contribution in [1.82, 2.24) is 14.4 Å². The molecule has 0 aliphatic heterocycles. The first-order valence-corrected chi connectivity index (χ1v) is 7.40. The van der Waals surface area contributed by atoms with Gasteiger partial charge in [-0.2, -0.15) is 10.2 Å². The van der Waals surface area contributed by atoms with Crippen molar-refractivity contribution < 1.29 is 9.18 Å². The van der Waals surface area contributed by atoms with E-state index in [2.05, 4.69) is 15.3 Å². The van der Waals surface area contributed by atoms with Gasteiger partial charge in [-0.3, -0.25) is 9.20 Å². The molecule has 0 radical (unpaired) electrons. The minimum Gasteiger partial charge on any atom is -0.305 e. The number of hydrogen-bond acceptors (Lipinski definition) is 4. The van der Waals surface area contributed by atoms with Crippen molar-refractivity contribution in [2.24, 2.45) is 0 Å². The fraction of sp³-hybridized carbons (Fsp3) is 0. The van der Waals surface area contributed by atoms with Crippen LogP contribution in [0.2, 0.25) is 0 Å². The van der Waals surface area contributed by atoms with Crippen LogP contribution in [0.15, 0.2) is 54.7 Å². The molecule has 2 heterocycles. The Hall–Kier alpha value is -3.79. The van der Waals surface area contributed by atoms with Crippen LogP contribution < -0.4 is 5.32 Å². The Labute approximate surface area is 141 Å². The molecule has 0 bridgehead atoms. The average molecular weight is 331 g/mol. The molecule has 0 spiro atoms. The lowest BCUT2D eigenvalue weighted by atomic mass is 10.2. The van der Waals surface area contributed by atoms with Crippen LogP contribution in [0.5, 0.6) is 0 Å². The van der Waals surface area contributed by atoms with Crippen molar-refractivity contribution in [2.45, 2.75) is 0 Å². The summed E-state index contributed by atoms with van der Waals surface area (Å²) < 4.78 is 14.7. The van der Waals surface area contributed by atoms with Crippen molar-refractivity contribution in [3.8, 4) is 6.07 Å². The molecular weight excluding hydrogens is 321 g/mol. The van der Waals surface area contributed by atoms with E-state index in [1.54, 1.807) is 10.6 Å². The second kappa shape index (κ2) is 5.69. The molecule has 0 aliphatic carbocycles. The summed E-state index contributed by atoms with van der Waals surface area (Å²) in [5, 5.41) is 12.0. The van der Waals surface area contributed by atoms with Crippen LogP contribution >= 0.6 is 0 Å². The summed E-state index contributed by atoms with van der Waals surface area (Å²) in [7, 11) is 0. The summed E-state index contributed by atoms with van der Waals surface area (Å²) in [6.07, 6.45) is 1.58. The van der Waals surface area contributed by atoms with Crippen LogP contribution in [-0.4, -0.2) is 20.3 Å². The van der Waals surface area contributed by atoms with Gasteiger partial charge in [0.2, 0.25) is 5.78 Å². The van der Waals surface area contributed by atoms with E-state index in [1.165, 1.54) is 24.3 Å². The highest BCUT2D eigenvalue weighted by molar-refractivity contribution is 6.04. The van der Waals surface area contributed by atoms with Crippen molar-refractivity contribution in [3.63, 3.8) is 0 Å². The third kappa shape index (κ3) is 2.56. The van der Waals surface area contributed by atoms with Gasteiger partial charge >= 0.3 is 0 Å². The summed E-state index contributed by atoms with van der Waals surface area (Å²) >= 11 is 0. The monoisotopic (exact) mass is 331 g/mol. The van der Waals surface area contributed by atoms with E-state index >= 15 is 0 Å². The number of rotatable bonds is 2. The topological polar surface area (TPSA) is 83.1 Å². The third-order valence-corrected chi connectivity index (χ3v) is 3.76. The van der Waals surface area contributed by atoms with Crippen molar-refractivity contribution in [2.75, 3.05) is 5.32 Å². The number of aromatic nitrogens is 3. The number of benzene rings is 2. The first kappa shape index (κ1) is 14.8. The molecule has 0 atom stereocenters. The number of nitrogens with one attached hydrogen (secondary N) is 1. The van der Waals surface area contributed by atoms with E-state index in [9.17, 15) is 14.4 Å². The number of anilines is 1. The number of hydrogen-bond donors (Lipinski definition) is 1. The molecule has 1 N–H and O–H groups in total. The first-order chi connectivity index (χ1) is 12.2. The lowest BCUT2D eigenvalue weighted by Gasteiger charge is -2.07. The molecule has 0 saturated heterocycles.